The third kappa shape index (κ3) is 2.02. The second-order valence-corrected chi connectivity index (χ2v) is 9.25. The summed E-state index contributed by atoms with van der Waals surface area (Å²) in [5.41, 5.74) is 1.17. The van der Waals surface area contributed by atoms with Crippen LogP contribution in [-0.4, -0.2) is 24.3 Å². The molecule has 0 radical (unpaired) electrons. The predicted octanol–water partition coefficient (Wildman–Crippen LogP) is 4.26. The van der Waals surface area contributed by atoms with Crippen LogP contribution >= 0.6 is 0 Å². The lowest BCUT2D eigenvalue weighted by Gasteiger charge is -2.60. The van der Waals surface area contributed by atoms with Crippen molar-refractivity contribution in [1.82, 2.24) is 0 Å². The molecule has 4 heteroatoms. The fourth-order valence-electron chi connectivity index (χ4n) is 6.17. The van der Waals surface area contributed by atoms with Gasteiger partial charge in [-0.2, -0.15) is 0 Å². The highest BCUT2D eigenvalue weighted by Gasteiger charge is 2.64. The summed E-state index contributed by atoms with van der Waals surface area (Å²) in [5, 5.41) is 0. The normalized spacial score (nSPS) is 38.4. The van der Waals surface area contributed by atoms with Gasteiger partial charge in [-0.1, -0.05) is 33.3 Å². The Labute approximate surface area is 155 Å². The second-order valence-electron chi connectivity index (χ2n) is 9.25. The summed E-state index contributed by atoms with van der Waals surface area (Å²) in [4.78, 5) is 25.4. The molecular formula is C22H28O4. The van der Waals surface area contributed by atoms with Crippen molar-refractivity contribution in [1.29, 1.82) is 0 Å². The molecule has 4 aliphatic rings. The van der Waals surface area contributed by atoms with Crippen molar-refractivity contribution in [2.75, 3.05) is 7.11 Å². The standard InChI is InChI=1S/C22H28O4/c1-13-7-8-17-20(2,3)9-6-10-21(17,4)22(13)12-14-18(24)16(25-5)11-15(23)19(14)26-22/h7,11,17H,6,8-10,12H2,1-5H3/t17-,21-,22+/m1/s1. The van der Waals surface area contributed by atoms with Gasteiger partial charge in [-0.05, 0) is 43.1 Å². The van der Waals surface area contributed by atoms with Crippen molar-refractivity contribution >= 4 is 11.6 Å². The first-order valence-electron chi connectivity index (χ1n) is 9.60. The number of Topliss-reactive ketones (excluding diaryl/α,β-unsaturated/α-hetero) is 1. The highest BCUT2D eigenvalue weighted by Crippen LogP contribution is 2.65. The van der Waals surface area contributed by atoms with Gasteiger partial charge in [0.25, 0.3) is 0 Å². The van der Waals surface area contributed by atoms with E-state index in [9.17, 15) is 9.59 Å². The number of ether oxygens (including phenoxy) is 2. The topological polar surface area (TPSA) is 52.6 Å². The molecular weight excluding hydrogens is 328 g/mol. The molecule has 0 aromatic heterocycles. The van der Waals surface area contributed by atoms with E-state index in [1.165, 1.54) is 19.6 Å². The van der Waals surface area contributed by atoms with Gasteiger partial charge in [0.1, 0.15) is 5.60 Å². The zero-order valence-electron chi connectivity index (χ0n) is 16.4. The minimum absolute atomic E-state index is 0.0985. The summed E-state index contributed by atoms with van der Waals surface area (Å²) in [6, 6.07) is 0. The number of hydrogen-bond donors (Lipinski definition) is 0. The van der Waals surface area contributed by atoms with Crippen molar-refractivity contribution in [3.8, 4) is 0 Å². The SMILES string of the molecule is COC1=CC(=O)C2=C(C[C@]3(O2)C(C)=CC[C@@H]2C(C)(C)CCC[C@]23C)C1=O. The maximum atomic E-state index is 12.8. The number of fused-ring (bicyclic) bond motifs is 2. The van der Waals surface area contributed by atoms with E-state index in [0.717, 1.165) is 24.8 Å². The number of ketones is 2. The van der Waals surface area contributed by atoms with Gasteiger partial charge in [-0.25, -0.2) is 0 Å². The Kier molecular flexibility index (Phi) is 3.61. The van der Waals surface area contributed by atoms with E-state index < -0.39 is 5.60 Å². The number of methoxy groups -OCH3 is 1. The molecule has 1 spiro atoms. The molecule has 3 aliphatic carbocycles. The number of allylic oxidation sites excluding steroid dienone is 3. The molecule has 0 N–H and O–H groups in total. The highest BCUT2D eigenvalue weighted by atomic mass is 16.5. The van der Waals surface area contributed by atoms with Gasteiger partial charge in [0.05, 0.1) is 12.7 Å². The Morgan fingerprint density at radius 1 is 1.19 bits per heavy atom. The van der Waals surface area contributed by atoms with Crippen molar-refractivity contribution in [2.24, 2.45) is 16.7 Å². The number of carbonyl (C=O) groups is 2. The quantitative estimate of drug-likeness (QED) is 0.520. The average molecular weight is 356 g/mol. The summed E-state index contributed by atoms with van der Waals surface area (Å²) in [6.45, 7) is 9.11. The second kappa shape index (κ2) is 5.34. The van der Waals surface area contributed by atoms with Crippen LogP contribution in [0.1, 0.15) is 59.8 Å². The first kappa shape index (κ1) is 17.6. The molecule has 0 saturated heterocycles. The van der Waals surface area contributed by atoms with Crippen LogP contribution < -0.4 is 0 Å². The zero-order valence-corrected chi connectivity index (χ0v) is 16.4. The fraction of sp³-hybridized carbons (Fsp3) is 0.636. The molecule has 0 aromatic rings. The lowest BCUT2D eigenvalue weighted by molar-refractivity contribution is -0.148. The van der Waals surface area contributed by atoms with E-state index in [2.05, 4.69) is 33.8 Å². The summed E-state index contributed by atoms with van der Waals surface area (Å²) in [6.07, 6.45) is 8.46. The van der Waals surface area contributed by atoms with E-state index in [1.54, 1.807) is 0 Å². The monoisotopic (exact) mass is 356 g/mol. The minimum atomic E-state index is -0.597. The summed E-state index contributed by atoms with van der Waals surface area (Å²) in [7, 11) is 1.43. The van der Waals surface area contributed by atoms with Crippen molar-refractivity contribution in [2.45, 2.75) is 65.4 Å². The van der Waals surface area contributed by atoms with Gasteiger partial charge in [-0.15, -0.1) is 0 Å². The fourth-order valence-corrected chi connectivity index (χ4v) is 6.17. The van der Waals surface area contributed by atoms with Crippen LogP contribution in [0, 0.1) is 16.7 Å². The van der Waals surface area contributed by atoms with E-state index in [0.29, 0.717) is 17.9 Å². The van der Waals surface area contributed by atoms with Gasteiger partial charge < -0.3 is 9.47 Å². The van der Waals surface area contributed by atoms with Crippen molar-refractivity contribution < 1.29 is 19.1 Å². The summed E-state index contributed by atoms with van der Waals surface area (Å²) in [5.74, 6) is 0.384. The molecule has 1 saturated carbocycles. The predicted molar refractivity (Wildman–Crippen MR) is 98.2 cm³/mol. The van der Waals surface area contributed by atoms with Gasteiger partial charge in [0, 0.05) is 17.9 Å². The van der Waals surface area contributed by atoms with E-state index in [4.69, 9.17) is 9.47 Å². The molecule has 1 aliphatic heterocycles. The van der Waals surface area contributed by atoms with Crippen LogP contribution in [0.5, 0.6) is 0 Å². The molecule has 4 nitrogen and oxygen atoms in total. The first-order chi connectivity index (χ1) is 12.2. The molecule has 1 fully saturated rings. The number of rotatable bonds is 1. The highest BCUT2D eigenvalue weighted by molar-refractivity contribution is 6.21. The van der Waals surface area contributed by atoms with Crippen LogP contribution in [0.2, 0.25) is 0 Å². The zero-order chi connectivity index (χ0) is 18.9. The average Bonchev–Trinajstić information content (AvgIpc) is 2.99. The molecule has 0 aromatic carbocycles. The number of carbonyl (C=O) groups excluding carboxylic acids is 2. The van der Waals surface area contributed by atoms with Crippen LogP contribution in [0.3, 0.4) is 0 Å². The molecule has 1 heterocycles. The molecule has 26 heavy (non-hydrogen) atoms. The Balaban J connectivity index is 1.81. The summed E-state index contributed by atoms with van der Waals surface area (Å²) >= 11 is 0. The third-order valence-corrected chi connectivity index (χ3v) is 7.63. The van der Waals surface area contributed by atoms with Crippen LogP contribution in [-0.2, 0) is 19.1 Å². The van der Waals surface area contributed by atoms with Crippen LogP contribution in [0.25, 0.3) is 0 Å². The van der Waals surface area contributed by atoms with E-state index in [-0.39, 0.29) is 33.9 Å². The smallest absolute Gasteiger partial charge is 0.227 e. The van der Waals surface area contributed by atoms with Gasteiger partial charge in [-0.3, -0.25) is 9.59 Å². The molecule has 4 rings (SSSR count). The molecule has 3 atom stereocenters. The Morgan fingerprint density at radius 3 is 2.62 bits per heavy atom. The minimum Gasteiger partial charge on any atom is -0.493 e. The molecule has 0 amide bonds. The number of hydrogen-bond acceptors (Lipinski definition) is 4. The van der Waals surface area contributed by atoms with Crippen LogP contribution in [0.4, 0.5) is 0 Å². The Bertz CT molecular complexity index is 797. The Hall–Kier alpha value is -1.84. The van der Waals surface area contributed by atoms with Crippen LogP contribution in [0.15, 0.2) is 34.8 Å². The Morgan fingerprint density at radius 2 is 1.92 bits per heavy atom. The van der Waals surface area contributed by atoms with Gasteiger partial charge in [0.2, 0.25) is 11.6 Å². The van der Waals surface area contributed by atoms with Crippen molar-refractivity contribution in [3.05, 3.63) is 34.8 Å². The maximum Gasteiger partial charge on any atom is 0.227 e. The van der Waals surface area contributed by atoms with E-state index >= 15 is 0 Å². The first-order valence-corrected chi connectivity index (χ1v) is 9.60. The van der Waals surface area contributed by atoms with Gasteiger partial charge in [0.15, 0.2) is 11.5 Å². The lowest BCUT2D eigenvalue weighted by atomic mass is 9.46. The third-order valence-electron chi connectivity index (χ3n) is 7.63. The van der Waals surface area contributed by atoms with Gasteiger partial charge >= 0.3 is 0 Å². The summed E-state index contributed by atoms with van der Waals surface area (Å²) < 4.78 is 11.6. The molecule has 0 bridgehead atoms. The van der Waals surface area contributed by atoms with E-state index in [1.807, 2.05) is 0 Å². The largest absolute Gasteiger partial charge is 0.493 e. The molecule has 0 unspecified atom stereocenters. The molecule has 140 valence electrons. The lowest BCUT2D eigenvalue weighted by Crippen LogP contribution is -2.59. The maximum absolute atomic E-state index is 12.8. The van der Waals surface area contributed by atoms with Crippen molar-refractivity contribution in [3.63, 3.8) is 0 Å².